The third-order valence-corrected chi connectivity index (χ3v) is 11.7. The van der Waals surface area contributed by atoms with Crippen molar-refractivity contribution in [1.82, 2.24) is 20.6 Å². The number of fused-ring (bicyclic) bond motifs is 1. The molecule has 0 aromatic rings. The molecule has 2 heterocycles. The molecule has 3 saturated carbocycles. The Labute approximate surface area is 278 Å². The molecule has 46 heavy (non-hydrogen) atoms. The van der Waals surface area contributed by atoms with Crippen LogP contribution in [0.3, 0.4) is 0 Å². The van der Waals surface area contributed by atoms with Gasteiger partial charge in [0.1, 0.15) is 12.1 Å². The van der Waals surface area contributed by atoms with Crippen LogP contribution in [0.25, 0.3) is 0 Å². The van der Waals surface area contributed by atoms with Crippen molar-refractivity contribution < 1.29 is 24.3 Å². The first-order valence-corrected chi connectivity index (χ1v) is 18.6. The van der Waals surface area contributed by atoms with Crippen molar-refractivity contribution in [1.29, 1.82) is 0 Å². The van der Waals surface area contributed by atoms with Crippen LogP contribution in [0.1, 0.15) is 97.3 Å². The van der Waals surface area contributed by atoms with Gasteiger partial charge in [-0.05, 0) is 122 Å². The van der Waals surface area contributed by atoms with Crippen LogP contribution in [-0.2, 0) is 19.2 Å². The summed E-state index contributed by atoms with van der Waals surface area (Å²) < 4.78 is 5.68. The lowest BCUT2D eigenvalue weighted by Crippen LogP contribution is -2.49. The largest absolute Gasteiger partial charge is 0.464 e. The van der Waals surface area contributed by atoms with Crippen molar-refractivity contribution >= 4 is 11.9 Å². The van der Waals surface area contributed by atoms with Crippen molar-refractivity contribution in [2.45, 2.75) is 122 Å². The molecule has 5 aliphatic rings. The molecule has 0 bridgehead atoms. The number of nitrogens with zero attached hydrogens (tertiary/aromatic N) is 2. The van der Waals surface area contributed by atoms with Gasteiger partial charge in [0, 0.05) is 31.0 Å². The van der Waals surface area contributed by atoms with Crippen LogP contribution >= 0.6 is 0 Å². The summed E-state index contributed by atoms with van der Waals surface area (Å²) in [5.41, 5.74) is 0. The highest BCUT2D eigenvalue weighted by Gasteiger charge is 2.50. The molecule has 7 atom stereocenters. The second kappa shape index (κ2) is 17.1. The van der Waals surface area contributed by atoms with Gasteiger partial charge in [0.25, 0.3) is 0 Å². The van der Waals surface area contributed by atoms with Gasteiger partial charge in [-0.1, -0.05) is 31.6 Å². The number of hydroxylamine groups is 2. The predicted molar refractivity (Wildman–Crippen MR) is 179 cm³/mol. The fourth-order valence-electron chi connectivity index (χ4n) is 8.92. The lowest BCUT2D eigenvalue weighted by molar-refractivity contribution is -0.193. The number of hydrogen-bond donors (Lipinski definition) is 3. The number of aliphatic hydroxyl groups excluding tert-OH is 1. The fraction of sp³-hybridized carbons (Fsp3) is 0.892. The lowest BCUT2D eigenvalue weighted by Gasteiger charge is -2.32. The molecule has 4 unspecified atom stereocenters. The van der Waals surface area contributed by atoms with Crippen LogP contribution in [0.2, 0.25) is 0 Å². The van der Waals surface area contributed by atoms with Gasteiger partial charge in [0.05, 0.1) is 25.2 Å². The van der Waals surface area contributed by atoms with E-state index in [0.29, 0.717) is 48.7 Å². The molecule has 0 aromatic carbocycles. The summed E-state index contributed by atoms with van der Waals surface area (Å²) >= 11 is 0. The zero-order valence-electron chi connectivity index (χ0n) is 29.1. The minimum absolute atomic E-state index is 0.0371. The Hall–Kier alpha value is -1.70. The maximum absolute atomic E-state index is 14.0. The van der Waals surface area contributed by atoms with Gasteiger partial charge < -0.3 is 20.5 Å². The van der Waals surface area contributed by atoms with Crippen LogP contribution < -0.4 is 10.6 Å². The second-order valence-electron chi connectivity index (χ2n) is 15.7. The topological polar surface area (TPSA) is 103 Å². The van der Waals surface area contributed by atoms with E-state index in [-0.39, 0.29) is 25.0 Å². The zero-order valence-corrected chi connectivity index (χ0v) is 29.1. The highest BCUT2D eigenvalue weighted by atomic mass is 16.7. The molecule has 0 radical (unpaired) electrons. The molecule has 9 heteroatoms. The Morgan fingerprint density at radius 1 is 1.02 bits per heavy atom. The normalized spacial score (nSPS) is 37.3. The highest BCUT2D eigenvalue weighted by molar-refractivity contribution is 5.82. The molecule has 1 amide bonds. The van der Waals surface area contributed by atoms with Gasteiger partial charge in [-0.25, -0.2) is 0 Å². The summed E-state index contributed by atoms with van der Waals surface area (Å²) in [4.78, 5) is 34.6. The van der Waals surface area contributed by atoms with Gasteiger partial charge in [-0.3, -0.25) is 19.3 Å². The molecule has 0 spiro atoms. The molecule has 5 rings (SSSR count). The fourth-order valence-corrected chi connectivity index (χ4v) is 8.92. The van der Waals surface area contributed by atoms with Crippen LogP contribution in [0, 0.1) is 53.3 Å². The standard InChI is InChI=1S/C37H62N4O5/c1-25-9-11-27(12-10-25)13-14-28-15-17-29(18-16-28)22-41-35(32(36(46-41)26(2)42)24-45-34(43)23-40(3)4)37(44)38-20-19-30-21-39-33-8-6-5-7-31(30)33/h25-33,35-36,39,42H,5-12,15-24H2,1-4H3,(H,38,44)/t25?,26-,27?,28?,29?,30?,31?,32-,33?,35?,36-/m1/s1. The van der Waals surface area contributed by atoms with Gasteiger partial charge >= 0.3 is 5.97 Å². The molecular weight excluding hydrogens is 580 g/mol. The number of rotatable bonds is 11. The molecule has 260 valence electrons. The molecular formula is C37H62N4O5. The van der Waals surface area contributed by atoms with Crippen molar-refractivity contribution in [3.63, 3.8) is 0 Å². The number of carbonyl (C=O) groups is 2. The first-order chi connectivity index (χ1) is 22.2. The summed E-state index contributed by atoms with van der Waals surface area (Å²) in [6, 6.07) is 0.0143. The van der Waals surface area contributed by atoms with E-state index in [1.165, 1.54) is 51.4 Å². The average molecular weight is 643 g/mol. The van der Waals surface area contributed by atoms with Gasteiger partial charge in [0.2, 0.25) is 5.91 Å². The third kappa shape index (κ3) is 9.69. The van der Waals surface area contributed by atoms with E-state index in [0.717, 1.165) is 44.6 Å². The zero-order chi connectivity index (χ0) is 32.6. The number of aliphatic hydroxyl groups is 1. The molecule has 5 fully saturated rings. The Bertz CT molecular complexity index is 1040. The first-order valence-electron chi connectivity index (χ1n) is 18.6. The monoisotopic (exact) mass is 642 g/mol. The molecule has 3 N–H and O–H groups in total. The predicted octanol–water partition coefficient (Wildman–Crippen LogP) is 3.99. The summed E-state index contributed by atoms with van der Waals surface area (Å²) in [5.74, 6) is 9.93. The smallest absolute Gasteiger partial charge is 0.320 e. The van der Waals surface area contributed by atoms with E-state index in [4.69, 9.17) is 9.57 Å². The van der Waals surface area contributed by atoms with Crippen molar-refractivity contribution in [3.05, 3.63) is 0 Å². The van der Waals surface area contributed by atoms with E-state index >= 15 is 0 Å². The maximum Gasteiger partial charge on any atom is 0.320 e. The summed E-state index contributed by atoms with van der Waals surface area (Å²) in [6.45, 7) is 6.53. The Kier molecular flexibility index (Phi) is 13.2. The summed E-state index contributed by atoms with van der Waals surface area (Å²) in [7, 11) is 3.64. The molecule has 9 nitrogen and oxygen atoms in total. The van der Waals surface area contributed by atoms with Crippen LogP contribution in [-0.4, -0.2) is 98.1 Å². The number of likely N-dealkylation sites (N-methyl/N-ethyl adjacent to an activating group) is 1. The van der Waals surface area contributed by atoms with E-state index in [2.05, 4.69) is 29.4 Å². The van der Waals surface area contributed by atoms with Crippen molar-refractivity contribution in [2.24, 2.45) is 41.4 Å². The average Bonchev–Trinajstić information content (AvgIpc) is 3.61. The van der Waals surface area contributed by atoms with Crippen LogP contribution in [0.15, 0.2) is 0 Å². The maximum atomic E-state index is 14.0. The quantitative estimate of drug-likeness (QED) is 0.230. The molecule has 0 aromatic heterocycles. The summed E-state index contributed by atoms with van der Waals surface area (Å²) in [6.07, 6.45) is 14.1. The SMILES string of the molecule is CC1CCC(C#CC2CCC(CN3O[C@H]([C@@H](C)O)[C@H](COC(=O)CN(C)C)C3C(=O)NCCC3CNC4CCCCC34)CC2)CC1. The van der Waals surface area contributed by atoms with Crippen molar-refractivity contribution in [3.8, 4) is 11.8 Å². The number of esters is 1. The van der Waals surface area contributed by atoms with Crippen LogP contribution in [0.4, 0.5) is 0 Å². The molecule has 2 saturated heterocycles. The van der Waals surface area contributed by atoms with E-state index in [1.54, 1.807) is 11.8 Å². The number of carbonyl (C=O) groups excluding carboxylic acids is 2. The Morgan fingerprint density at radius 3 is 2.37 bits per heavy atom. The minimum atomic E-state index is -0.806. The van der Waals surface area contributed by atoms with E-state index in [9.17, 15) is 14.7 Å². The van der Waals surface area contributed by atoms with E-state index < -0.39 is 24.2 Å². The number of amides is 1. The molecule has 2 aliphatic heterocycles. The first kappa shape index (κ1) is 35.6. The molecule has 3 aliphatic carbocycles. The van der Waals surface area contributed by atoms with Gasteiger partial charge in [0.15, 0.2) is 0 Å². The van der Waals surface area contributed by atoms with Gasteiger partial charge in [-0.2, -0.15) is 5.06 Å². The Balaban J connectivity index is 1.19. The number of ether oxygens (including phenoxy) is 1. The lowest BCUT2D eigenvalue weighted by atomic mass is 9.79. The minimum Gasteiger partial charge on any atom is -0.464 e. The van der Waals surface area contributed by atoms with E-state index in [1.807, 2.05) is 19.2 Å². The van der Waals surface area contributed by atoms with Crippen molar-refractivity contribution in [2.75, 3.05) is 46.9 Å². The van der Waals surface area contributed by atoms with Gasteiger partial charge in [-0.15, -0.1) is 0 Å². The number of nitrogens with one attached hydrogen (secondary N) is 2. The number of hydrogen-bond acceptors (Lipinski definition) is 8. The third-order valence-electron chi connectivity index (χ3n) is 11.7. The second-order valence-corrected chi connectivity index (χ2v) is 15.7. The van der Waals surface area contributed by atoms with Crippen LogP contribution in [0.5, 0.6) is 0 Å². The Morgan fingerprint density at radius 2 is 1.70 bits per heavy atom. The highest BCUT2D eigenvalue weighted by Crippen LogP contribution is 2.37. The summed E-state index contributed by atoms with van der Waals surface area (Å²) in [5, 5.41) is 19.5.